The van der Waals surface area contributed by atoms with Gasteiger partial charge in [-0.2, -0.15) is 0 Å². The van der Waals surface area contributed by atoms with Gasteiger partial charge in [-0.3, -0.25) is 19.2 Å². The number of nitrogens with one attached hydrogen (secondary N) is 3. The van der Waals surface area contributed by atoms with Crippen LogP contribution in [-0.4, -0.2) is 53.6 Å². The van der Waals surface area contributed by atoms with E-state index in [0.717, 1.165) is 5.56 Å². The second-order valence-electron chi connectivity index (χ2n) is 8.69. The van der Waals surface area contributed by atoms with Crippen LogP contribution in [0.3, 0.4) is 0 Å². The van der Waals surface area contributed by atoms with Gasteiger partial charge in [-0.05, 0) is 23.6 Å². The molecule has 0 spiro atoms. The second-order valence-corrected chi connectivity index (χ2v) is 9.68. The summed E-state index contributed by atoms with van der Waals surface area (Å²) in [5.74, 6) is -2.16. The number of carbonyl (C=O) groups excluding carboxylic acids is 3. The summed E-state index contributed by atoms with van der Waals surface area (Å²) in [7, 11) is 1.46. The van der Waals surface area contributed by atoms with Crippen molar-refractivity contribution in [1.29, 1.82) is 0 Å². The summed E-state index contributed by atoms with van der Waals surface area (Å²) < 4.78 is 5.14. The smallest absolute Gasteiger partial charge is 0.305 e. The summed E-state index contributed by atoms with van der Waals surface area (Å²) in [4.78, 5) is 61.1. The largest absolute Gasteiger partial charge is 0.497 e. The highest BCUT2D eigenvalue weighted by molar-refractivity contribution is 7.99. The number of hydrogen-bond donors (Lipinski definition) is 4. The summed E-state index contributed by atoms with van der Waals surface area (Å²) in [6.45, 7) is 3.43. The quantitative estimate of drug-likeness (QED) is 0.269. The fourth-order valence-corrected chi connectivity index (χ4v) is 4.43. The Morgan fingerprint density at radius 2 is 1.76 bits per heavy atom. The highest BCUT2D eigenvalue weighted by Crippen LogP contribution is 2.19. The van der Waals surface area contributed by atoms with Gasteiger partial charge in [-0.15, -0.1) is 11.8 Å². The van der Waals surface area contributed by atoms with E-state index in [1.54, 1.807) is 31.2 Å². The van der Waals surface area contributed by atoms with Crippen molar-refractivity contribution < 1.29 is 34.2 Å². The van der Waals surface area contributed by atoms with Crippen molar-refractivity contribution in [3.05, 3.63) is 64.6 Å². The van der Waals surface area contributed by atoms with Crippen LogP contribution in [0.15, 0.2) is 48.5 Å². The number of rotatable bonds is 15. The molecule has 10 nitrogen and oxygen atoms in total. The molecule has 0 aliphatic heterocycles. The number of hydrogen-bond acceptors (Lipinski definition) is 7. The van der Waals surface area contributed by atoms with E-state index < -0.39 is 42.1 Å². The Kier molecular flexibility index (Phi) is 11.8. The Bertz CT molecular complexity index is 1110. The molecule has 2 atom stereocenters. The number of nitroso groups, excluding NO2 is 1. The summed E-state index contributed by atoms with van der Waals surface area (Å²) in [5.41, 5.74) is 1.60. The molecular formula is C26H32N3O7S+. The minimum absolute atomic E-state index is 0.0205. The van der Waals surface area contributed by atoms with Crippen molar-refractivity contribution in [2.45, 2.75) is 44.5 Å². The first kappa shape index (κ1) is 29.5. The average molecular weight is 531 g/mol. The fraction of sp³-hybridized carbons (Fsp3) is 0.385. The van der Waals surface area contributed by atoms with Crippen molar-refractivity contribution in [2.75, 3.05) is 12.9 Å². The van der Waals surface area contributed by atoms with Gasteiger partial charge in [0.1, 0.15) is 11.8 Å². The molecule has 0 aliphatic carbocycles. The third-order valence-electron chi connectivity index (χ3n) is 5.48. The summed E-state index contributed by atoms with van der Waals surface area (Å²) >= 11 is 1.32. The van der Waals surface area contributed by atoms with E-state index >= 15 is 0 Å². The number of carbonyl (C=O) groups is 4. The van der Waals surface area contributed by atoms with E-state index in [-0.39, 0.29) is 23.8 Å². The summed E-state index contributed by atoms with van der Waals surface area (Å²) in [5, 5.41) is 16.2. The van der Waals surface area contributed by atoms with Crippen molar-refractivity contribution in [3.63, 3.8) is 0 Å². The standard InChI is InChI=1S/C26H31N3O7S/c1-16(2)25(28-23(31)12-18-11-19(36-3)9-10-20(18)29-35)26(34)27-21(13-24(32)33)22(30)15-37-14-17-7-5-4-6-8-17/h4-11,16,21,25H,12-15H2,1-3H3,(H,27,34)(H,28,31)(H,32,33)/p+1/t21?,25-/m0/s1. The normalized spacial score (nSPS) is 12.3. The number of aliphatic carboxylic acids is 1. The van der Waals surface area contributed by atoms with Crippen LogP contribution >= 0.6 is 11.8 Å². The number of methoxy groups -OCH3 is 1. The molecule has 1 unspecified atom stereocenters. The highest BCUT2D eigenvalue weighted by atomic mass is 32.2. The number of ketones is 1. The van der Waals surface area contributed by atoms with Gasteiger partial charge >= 0.3 is 5.97 Å². The number of ether oxygens (including phenoxy) is 1. The first-order chi connectivity index (χ1) is 17.6. The van der Waals surface area contributed by atoms with Crippen molar-refractivity contribution in [1.82, 2.24) is 10.6 Å². The predicted molar refractivity (Wildman–Crippen MR) is 139 cm³/mol. The van der Waals surface area contributed by atoms with E-state index in [1.165, 1.54) is 24.9 Å². The molecule has 0 saturated heterocycles. The van der Waals surface area contributed by atoms with Gasteiger partial charge in [0.25, 0.3) is 5.69 Å². The van der Waals surface area contributed by atoms with Crippen LogP contribution in [0.5, 0.6) is 5.75 Å². The maximum Gasteiger partial charge on any atom is 0.305 e. The van der Waals surface area contributed by atoms with Gasteiger partial charge in [0.05, 0.1) is 31.7 Å². The molecule has 2 aromatic carbocycles. The highest BCUT2D eigenvalue weighted by Gasteiger charge is 2.30. The Morgan fingerprint density at radius 3 is 2.35 bits per heavy atom. The molecule has 0 aromatic heterocycles. The van der Waals surface area contributed by atoms with Crippen molar-refractivity contribution in [2.24, 2.45) is 5.92 Å². The molecule has 0 aliphatic rings. The van der Waals surface area contributed by atoms with Crippen LogP contribution in [0.25, 0.3) is 0 Å². The second kappa shape index (κ2) is 14.7. The van der Waals surface area contributed by atoms with E-state index in [4.69, 9.17) is 4.74 Å². The molecule has 0 saturated carbocycles. The number of thioether (sulfide) groups is 1. The van der Waals surface area contributed by atoms with Gasteiger partial charge in [-0.1, -0.05) is 44.2 Å². The lowest BCUT2D eigenvalue weighted by Crippen LogP contribution is -2.57. The Hall–Kier alpha value is -3.73. The summed E-state index contributed by atoms with van der Waals surface area (Å²) in [6, 6.07) is 11.8. The van der Waals surface area contributed by atoms with Crippen molar-refractivity contribution in [3.8, 4) is 5.75 Å². The van der Waals surface area contributed by atoms with Crippen LogP contribution in [0.4, 0.5) is 5.69 Å². The summed E-state index contributed by atoms with van der Waals surface area (Å²) in [6.07, 6.45) is -0.774. The van der Waals surface area contributed by atoms with E-state index in [1.807, 2.05) is 30.3 Å². The minimum Gasteiger partial charge on any atom is -0.497 e. The maximum atomic E-state index is 13.0. The minimum atomic E-state index is -1.24. The lowest BCUT2D eigenvalue weighted by molar-refractivity contribution is -0.380. The van der Waals surface area contributed by atoms with Gasteiger partial charge in [-0.25, -0.2) is 0 Å². The SMILES string of the molecule is COc1ccc([NH+]=O)c(CC(=O)N[C@H](C(=O)NC(CC(=O)O)C(=O)CSCc2ccccc2)C(C)C)c1. The molecule has 0 radical (unpaired) electrons. The number of carboxylic acid groups (broad SMARTS) is 1. The van der Waals surface area contributed by atoms with Crippen LogP contribution < -0.4 is 20.5 Å². The zero-order valence-corrected chi connectivity index (χ0v) is 21.8. The Labute approximate surface area is 219 Å². The molecule has 37 heavy (non-hydrogen) atoms. The molecule has 0 bridgehead atoms. The molecule has 2 amide bonds. The van der Waals surface area contributed by atoms with Gasteiger partial charge in [0.2, 0.25) is 11.8 Å². The molecule has 198 valence electrons. The van der Waals surface area contributed by atoms with E-state index in [0.29, 0.717) is 17.1 Å². The number of amides is 2. The molecular weight excluding hydrogens is 498 g/mol. The monoisotopic (exact) mass is 530 g/mol. The first-order valence-electron chi connectivity index (χ1n) is 11.7. The number of benzene rings is 2. The van der Waals surface area contributed by atoms with Crippen molar-refractivity contribution >= 4 is 41.0 Å². The number of carboxylic acids is 1. The van der Waals surface area contributed by atoms with Crippen LogP contribution in [-0.2, 0) is 31.4 Å². The molecule has 0 fully saturated rings. The van der Waals surface area contributed by atoms with Gasteiger partial charge < -0.3 is 20.5 Å². The molecule has 0 heterocycles. The van der Waals surface area contributed by atoms with E-state index in [2.05, 4.69) is 10.6 Å². The third kappa shape index (κ3) is 9.68. The third-order valence-corrected chi connectivity index (χ3v) is 6.50. The average Bonchev–Trinajstić information content (AvgIpc) is 2.86. The maximum absolute atomic E-state index is 13.0. The van der Waals surface area contributed by atoms with Crippen LogP contribution in [0, 0.1) is 10.8 Å². The zero-order chi connectivity index (χ0) is 27.4. The lowest BCUT2D eigenvalue weighted by Gasteiger charge is -2.24. The van der Waals surface area contributed by atoms with Crippen LogP contribution in [0.1, 0.15) is 31.4 Å². The fourth-order valence-electron chi connectivity index (χ4n) is 3.50. The Morgan fingerprint density at radius 1 is 1.05 bits per heavy atom. The molecule has 2 aromatic rings. The molecule has 4 N–H and O–H groups in total. The molecule has 2 rings (SSSR count). The lowest BCUT2D eigenvalue weighted by atomic mass is 10.0. The van der Waals surface area contributed by atoms with Gasteiger partial charge in [0.15, 0.2) is 5.78 Å². The first-order valence-corrected chi connectivity index (χ1v) is 12.8. The number of Topliss-reactive ketones (excluding diaryl/α,β-unsaturated/α-hetero) is 1. The van der Waals surface area contributed by atoms with E-state index in [9.17, 15) is 29.2 Å². The molecule has 11 heteroatoms. The van der Waals surface area contributed by atoms with Crippen LogP contribution in [0.2, 0.25) is 0 Å². The Balaban J connectivity index is 2.05. The topological polar surface area (TPSA) is 153 Å². The predicted octanol–water partition coefficient (Wildman–Crippen LogP) is 1.32. The zero-order valence-electron chi connectivity index (χ0n) is 21.0. The van der Waals surface area contributed by atoms with Gasteiger partial charge in [0, 0.05) is 27.5 Å².